The highest BCUT2D eigenvalue weighted by molar-refractivity contribution is 7.89. The summed E-state index contributed by atoms with van der Waals surface area (Å²) in [4.78, 5) is 14.6. The van der Waals surface area contributed by atoms with Crippen molar-refractivity contribution in [1.82, 2.24) is 9.21 Å². The number of carbonyl (C=O) groups is 1. The predicted octanol–water partition coefficient (Wildman–Crippen LogP) is 2.07. The first-order chi connectivity index (χ1) is 12.0. The Morgan fingerprint density at radius 1 is 0.920 bits per heavy atom. The molecule has 0 bridgehead atoms. The summed E-state index contributed by atoms with van der Waals surface area (Å²) in [7, 11) is -3.48. The summed E-state index contributed by atoms with van der Waals surface area (Å²) in [5, 5.41) is 0. The van der Waals surface area contributed by atoms with Crippen molar-refractivity contribution >= 4 is 15.9 Å². The Kier molecular flexibility index (Phi) is 5.20. The van der Waals surface area contributed by atoms with E-state index < -0.39 is 10.0 Å². The number of benzene rings is 2. The monoisotopic (exact) mass is 358 g/mol. The predicted molar refractivity (Wildman–Crippen MR) is 96.7 cm³/mol. The van der Waals surface area contributed by atoms with Crippen molar-refractivity contribution in [3.8, 4) is 0 Å². The quantitative estimate of drug-likeness (QED) is 0.841. The van der Waals surface area contributed by atoms with Gasteiger partial charge in [0.25, 0.3) is 0 Å². The van der Waals surface area contributed by atoms with E-state index in [-0.39, 0.29) is 5.91 Å². The van der Waals surface area contributed by atoms with Gasteiger partial charge in [-0.15, -0.1) is 0 Å². The van der Waals surface area contributed by atoms with Crippen LogP contribution in [0.15, 0.2) is 59.5 Å². The number of nitrogens with zero attached hydrogens (tertiary/aromatic N) is 2. The number of amides is 1. The molecule has 0 spiro atoms. The van der Waals surface area contributed by atoms with E-state index in [2.05, 4.69) is 0 Å². The molecule has 1 aliphatic heterocycles. The molecular formula is C19H22N2O3S. The molecule has 25 heavy (non-hydrogen) atoms. The second-order valence-electron chi connectivity index (χ2n) is 6.20. The molecule has 1 aliphatic rings. The van der Waals surface area contributed by atoms with Gasteiger partial charge in [-0.25, -0.2) is 8.42 Å². The Hall–Kier alpha value is -2.18. The van der Waals surface area contributed by atoms with Crippen LogP contribution in [0.5, 0.6) is 0 Å². The van der Waals surface area contributed by atoms with Crippen LogP contribution in [0, 0.1) is 6.92 Å². The van der Waals surface area contributed by atoms with Crippen LogP contribution in [-0.4, -0.2) is 49.7 Å². The molecule has 0 aliphatic carbocycles. The summed E-state index contributed by atoms with van der Waals surface area (Å²) in [5.41, 5.74) is 2.12. The van der Waals surface area contributed by atoms with Crippen molar-refractivity contribution in [2.45, 2.75) is 18.2 Å². The maximum absolute atomic E-state index is 12.6. The smallest absolute Gasteiger partial charge is 0.243 e. The molecule has 3 rings (SSSR count). The van der Waals surface area contributed by atoms with E-state index in [9.17, 15) is 13.2 Å². The normalized spacial score (nSPS) is 16.0. The maximum Gasteiger partial charge on any atom is 0.243 e. The van der Waals surface area contributed by atoms with Crippen molar-refractivity contribution in [2.75, 3.05) is 26.2 Å². The summed E-state index contributed by atoms with van der Waals surface area (Å²) < 4.78 is 26.7. The minimum absolute atomic E-state index is 0.0473. The minimum Gasteiger partial charge on any atom is -0.340 e. The molecule has 1 heterocycles. The van der Waals surface area contributed by atoms with Gasteiger partial charge in [0, 0.05) is 26.2 Å². The number of piperazine rings is 1. The van der Waals surface area contributed by atoms with E-state index in [0.717, 1.165) is 11.1 Å². The van der Waals surface area contributed by atoms with Crippen LogP contribution in [0.1, 0.15) is 11.1 Å². The Morgan fingerprint density at radius 2 is 1.52 bits per heavy atom. The maximum atomic E-state index is 12.6. The van der Waals surface area contributed by atoms with Gasteiger partial charge >= 0.3 is 0 Å². The molecular weight excluding hydrogens is 336 g/mol. The van der Waals surface area contributed by atoms with Crippen LogP contribution in [0.2, 0.25) is 0 Å². The number of aryl methyl sites for hydroxylation is 1. The lowest BCUT2D eigenvalue weighted by atomic mass is 10.1. The summed E-state index contributed by atoms with van der Waals surface area (Å²) in [5.74, 6) is 0.0473. The summed E-state index contributed by atoms with van der Waals surface area (Å²) in [6.07, 6.45) is 0.359. The Morgan fingerprint density at radius 3 is 2.16 bits per heavy atom. The highest BCUT2D eigenvalue weighted by Crippen LogP contribution is 2.18. The molecule has 2 aromatic rings. The fourth-order valence-corrected chi connectivity index (χ4v) is 4.45. The van der Waals surface area contributed by atoms with Crippen LogP contribution in [0.25, 0.3) is 0 Å². The van der Waals surface area contributed by atoms with Crippen LogP contribution < -0.4 is 0 Å². The number of hydrogen-bond acceptors (Lipinski definition) is 3. The number of hydrogen-bond donors (Lipinski definition) is 0. The fourth-order valence-electron chi connectivity index (χ4n) is 3.00. The lowest BCUT2D eigenvalue weighted by Gasteiger charge is -2.34. The molecule has 1 saturated heterocycles. The lowest BCUT2D eigenvalue weighted by molar-refractivity contribution is -0.131. The number of rotatable bonds is 4. The van der Waals surface area contributed by atoms with Crippen LogP contribution in [-0.2, 0) is 21.2 Å². The topological polar surface area (TPSA) is 57.7 Å². The average molecular weight is 358 g/mol. The van der Waals surface area contributed by atoms with Crippen molar-refractivity contribution in [1.29, 1.82) is 0 Å². The third-order valence-corrected chi connectivity index (χ3v) is 6.49. The molecule has 0 atom stereocenters. The molecule has 2 aromatic carbocycles. The zero-order valence-corrected chi connectivity index (χ0v) is 15.1. The van der Waals surface area contributed by atoms with E-state index >= 15 is 0 Å². The summed E-state index contributed by atoms with van der Waals surface area (Å²) in [6.45, 7) is 3.51. The molecule has 6 heteroatoms. The molecule has 5 nitrogen and oxygen atoms in total. The fraction of sp³-hybridized carbons (Fsp3) is 0.316. The van der Waals surface area contributed by atoms with Crippen LogP contribution in [0.4, 0.5) is 0 Å². The highest BCUT2D eigenvalue weighted by atomic mass is 32.2. The Bertz CT molecular complexity index is 842. The standard InChI is InChI=1S/C19H22N2O3S/c1-16-7-5-6-8-17(16)15-19(22)20-11-13-21(14-12-20)25(23,24)18-9-3-2-4-10-18/h2-10H,11-15H2,1H3. The first kappa shape index (κ1) is 17.6. The van der Waals surface area contributed by atoms with E-state index in [1.165, 1.54) is 4.31 Å². The molecule has 1 fully saturated rings. The molecule has 0 unspecified atom stereocenters. The second-order valence-corrected chi connectivity index (χ2v) is 8.14. The summed E-state index contributed by atoms with van der Waals surface area (Å²) >= 11 is 0. The van der Waals surface area contributed by atoms with E-state index in [0.29, 0.717) is 37.5 Å². The van der Waals surface area contributed by atoms with Crippen LogP contribution in [0.3, 0.4) is 0 Å². The van der Waals surface area contributed by atoms with Crippen molar-refractivity contribution < 1.29 is 13.2 Å². The lowest BCUT2D eigenvalue weighted by Crippen LogP contribution is -2.50. The van der Waals surface area contributed by atoms with Gasteiger partial charge in [0.2, 0.25) is 15.9 Å². The van der Waals surface area contributed by atoms with Gasteiger partial charge in [0.1, 0.15) is 0 Å². The van der Waals surface area contributed by atoms with Crippen molar-refractivity contribution in [3.05, 3.63) is 65.7 Å². The van der Waals surface area contributed by atoms with Gasteiger partial charge in [-0.05, 0) is 30.2 Å². The zero-order valence-electron chi connectivity index (χ0n) is 14.3. The Labute approximate surface area is 148 Å². The molecule has 0 aromatic heterocycles. The number of sulfonamides is 1. The van der Waals surface area contributed by atoms with Gasteiger partial charge in [-0.1, -0.05) is 42.5 Å². The minimum atomic E-state index is -3.48. The van der Waals surface area contributed by atoms with Crippen molar-refractivity contribution in [3.63, 3.8) is 0 Å². The third kappa shape index (κ3) is 3.91. The van der Waals surface area contributed by atoms with Gasteiger partial charge in [-0.2, -0.15) is 4.31 Å². The molecule has 1 amide bonds. The van der Waals surface area contributed by atoms with Crippen LogP contribution >= 0.6 is 0 Å². The second kappa shape index (κ2) is 7.37. The Balaban J connectivity index is 1.62. The van der Waals surface area contributed by atoms with Gasteiger partial charge < -0.3 is 4.90 Å². The molecule has 0 N–H and O–H groups in total. The first-order valence-corrected chi connectivity index (χ1v) is 9.80. The third-order valence-electron chi connectivity index (χ3n) is 4.58. The van der Waals surface area contributed by atoms with Crippen molar-refractivity contribution in [2.24, 2.45) is 0 Å². The molecule has 0 radical (unpaired) electrons. The molecule has 0 saturated carbocycles. The first-order valence-electron chi connectivity index (χ1n) is 8.36. The van der Waals surface area contributed by atoms with Gasteiger partial charge in [0.15, 0.2) is 0 Å². The van der Waals surface area contributed by atoms with Gasteiger partial charge in [0.05, 0.1) is 11.3 Å². The zero-order chi connectivity index (χ0) is 17.9. The van der Waals surface area contributed by atoms with Gasteiger partial charge in [-0.3, -0.25) is 4.79 Å². The average Bonchev–Trinajstić information content (AvgIpc) is 2.64. The largest absolute Gasteiger partial charge is 0.340 e. The number of carbonyl (C=O) groups excluding carboxylic acids is 1. The van der Waals surface area contributed by atoms with E-state index in [1.807, 2.05) is 31.2 Å². The summed E-state index contributed by atoms with van der Waals surface area (Å²) in [6, 6.07) is 16.3. The highest BCUT2D eigenvalue weighted by Gasteiger charge is 2.29. The molecule has 132 valence electrons. The SMILES string of the molecule is Cc1ccccc1CC(=O)N1CCN(S(=O)(=O)c2ccccc2)CC1. The van der Waals surface area contributed by atoms with E-state index in [4.69, 9.17) is 0 Å². The van der Waals surface area contributed by atoms with E-state index in [1.54, 1.807) is 35.2 Å².